The smallest absolute Gasteiger partial charge is 0.341 e. The van der Waals surface area contributed by atoms with E-state index < -0.39 is 0 Å². The zero-order valence-corrected chi connectivity index (χ0v) is 10.6. The predicted octanol–water partition coefficient (Wildman–Crippen LogP) is 2.69. The normalized spacial score (nSPS) is 9.82. The number of methoxy groups -OCH3 is 1. The zero-order chi connectivity index (χ0) is 12.7. The molecule has 0 spiro atoms. The van der Waals surface area contributed by atoms with Gasteiger partial charge in [0.05, 0.1) is 13.7 Å². The molecule has 0 atom stereocenters. The molecule has 17 heavy (non-hydrogen) atoms. The average Bonchev–Trinajstić information content (AvgIpc) is 2.38. The molecule has 0 fully saturated rings. The van der Waals surface area contributed by atoms with Crippen molar-refractivity contribution < 1.29 is 14.3 Å². The van der Waals surface area contributed by atoms with E-state index in [2.05, 4.69) is 12.2 Å². The van der Waals surface area contributed by atoms with E-state index >= 15 is 0 Å². The molecule has 1 aromatic rings. The van der Waals surface area contributed by atoms with Crippen molar-refractivity contribution >= 4 is 11.7 Å². The Kier molecular flexibility index (Phi) is 5.33. The number of hydrogen-bond donors (Lipinski definition) is 1. The number of esters is 1. The molecule has 4 nitrogen and oxygen atoms in total. The number of rotatable bonds is 6. The van der Waals surface area contributed by atoms with Gasteiger partial charge in [-0.05, 0) is 24.6 Å². The third-order valence-corrected chi connectivity index (χ3v) is 2.43. The Bertz CT molecular complexity index is 377. The Hall–Kier alpha value is -1.71. The lowest BCUT2D eigenvalue weighted by atomic mass is 10.1. The molecule has 0 aromatic heterocycles. The molecule has 4 heteroatoms. The summed E-state index contributed by atoms with van der Waals surface area (Å²) in [5, 5.41) is 2.98. The predicted molar refractivity (Wildman–Crippen MR) is 67.7 cm³/mol. The number of anilines is 1. The number of ether oxygens (including phenoxy) is 2. The van der Waals surface area contributed by atoms with Crippen LogP contribution in [0.25, 0.3) is 0 Å². The SMILES string of the molecule is CCCCOc1ccc(NC)cc1C(=O)OC. The van der Waals surface area contributed by atoms with Gasteiger partial charge in [-0.2, -0.15) is 0 Å². The van der Waals surface area contributed by atoms with Gasteiger partial charge in [0, 0.05) is 12.7 Å². The fraction of sp³-hybridized carbons (Fsp3) is 0.462. The topological polar surface area (TPSA) is 47.6 Å². The van der Waals surface area contributed by atoms with Crippen LogP contribution in [-0.2, 0) is 4.74 Å². The first-order chi connectivity index (χ1) is 8.22. The monoisotopic (exact) mass is 237 g/mol. The summed E-state index contributed by atoms with van der Waals surface area (Å²) < 4.78 is 10.3. The summed E-state index contributed by atoms with van der Waals surface area (Å²) >= 11 is 0. The van der Waals surface area contributed by atoms with Gasteiger partial charge in [0.25, 0.3) is 0 Å². The summed E-state index contributed by atoms with van der Waals surface area (Å²) in [6.07, 6.45) is 2.02. The molecule has 0 aliphatic carbocycles. The van der Waals surface area contributed by atoms with E-state index in [1.54, 1.807) is 19.2 Å². The van der Waals surface area contributed by atoms with E-state index in [-0.39, 0.29) is 5.97 Å². The van der Waals surface area contributed by atoms with E-state index in [0.29, 0.717) is 17.9 Å². The second kappa shape index (κ2) is 6.78. The number of unbranched alkanes of at least 4 members (excludes halogenated alkanes) is 1. The summed E-state index contributed by atoms with van der Waals surface area (Å²) in [6, 6.07) is 5.38. The molecule has 0 aliphatic heterocycles. The molecule has 0 heterocycles. The maximum absolute atomic E-state index is 11.6. The molecule has 1 aromatic carbocycles. The van der Waals surface area contributed by atoms with Crippen molar-refractivity contribution in [3.63, 3.8) is 0 Å². The number of nitrogens with one attached hydrogen (secondary N) is 1. The van der Waals surface area contributed by atoms with E-state index in [9.17, 15) is 4.79 Å². The molecule has 94 valence electrons. The first-order valence-corrected chi connectivity index (χ1v) is 5.75. The van der Waals surface area contributed by atoms with Gasteiger partial charge < -0.3 is 14.8 Å². The van der Waals surface area contributed by atoms with Crippen LogP contribution in [0.1, 0.15) is 30.1 Å². The molecule has 0 aliphatic rings. The summed E-state index contributed by atoms with van der Waals surface area (Å²) in [5.74, 6) is 0.192. The standard InChI is InChI=1S/C13H19NO3/c1-4-5-8-17-12-7-6-10(14-2)9-11(12)13(15)16-3/h6-7,9,14H,4-5,8H2,1-3H3. The van der Waals surface area contributed by atoms with Crippen LogP contribution >= 0.6 is 0 Å². The van der Waals surface area contributed by atoms with Gasteiger partial charge in [0.2, 0.25) is 0 Å². The van der Waals surface area contributed by atoms with E-state index in [1.807, 2.05) is 6.07 Å². The maximum atomic E-state index is 11.6. The third-order valence-electron chi connectivity index (χ3n) is 2.43. The van der Waals surface area contributed by atoms with Crippen molar-refractivity contribution in [1.82, 2.24) is 0 Å². The first-order valence-electron chi connectivity index (χ1n) is 5.75. The fourth-order valence-corrected chi connectivity index (χ4v) is 1.41. The minimum atomic E-state index is -0.381. The van der Waals surface area contributed by atoms with Crippen LogP contribution in [0.4, 0.5) is 5.69 Å². The van der Waals surface area contributed by atoms with Crippen molar-refractivity contribution in [2.24, 2.45) is 0 Å². The van der Waals surface area contributed by atoms with Crippen molar-refractivity contribution in [3.05, 3.63) is 23.8 Å². The number of hydrogen-bond acceptors (Lipinski definition) is 4. The van der Waals surface area contributed by atoms with Gasteiger partial charge in [-0.3, -0.25) is 0 Å². The van der Waals surface area contributed by atoms with Crippen LogP contribution in [0, 0.1) is 0 Å². The van der Waals surface area contributed by atoms with Gasteiger partial charge in [0.15, 0.2) is 0 Å². The highest BCUT2D eigenvalue weighted by atomic mass is 16.5. The van der Waals surface area contributed by atoms with Gasteiger partial charge in [-0.1, -0.05) is 13.3 Å². The second-order valence-corrected chi connectivity index (χ2v) is 3.65. The highest BCUT2D eigenvalue weighted by Gasteiger charge is 2.13. The van der Waals surface area contributed by atoms with Crippen LogP contribution in [0.15, 0.2) is 18.2 Å². The van der Waals surface area contributed by atoms with E-state index in [4.69, 9.17) is 9.47 Å². The Morgan fingerprint density at radius 2 is 2.18 bits per heavy atom. The van der Waals surface area contributed by atoms with E-state index in [0.717, 1.165) is 18.5 Å². The van der Waals surface area contributed by atoms with Gasteiger partial charge >= 0.3 is 5.97 Å². The molecule has 0 amide bonds. The minimum Gasteiger partial charge on any atom is -0.493 e. The van der Waals surface area contributed by atoms with Crippen molar-refractivity contribution in [2.45, 2.75) is 19.8 Å². The van der Waals surface area contributed by atoms with Crippen molar-refractivity contribution in [2.75, 3.05) is 26.1 Å². The van der Waals surface area contributed by atoms with Crippen LogP contribution < -0.4 is 10.1 Å². The Balaban J connectivity index is 2.90. The molecule has 1 rings (SSSR count). The lowest BCUT2D eigenvalue weighted by Crippen LogP contribution is -2.07. The number of carbonyl (C=O) groups is 1. The quantitative estimate of drug-likeness (QED) is 0.610. The molecule has 0 radical (unpaired) electrons. The largest absolute Gasteiger partial charge is 0.493 e. The molecule has 0 bridgehead atoms. The molecule has 0 saturated heterocycles. The summed E-state index contributed by atoms with van der Waals surface area (Å²) in [5.41, 5.74) is 1.31. The van der Waals surface area contributed by atoms with Crippen molar-refractivity contribution in [1.29, 1.82) is 0 Å². The third kappa shape index (κ3) is 3.66. The maximum Gasteiger partial charge on any atom is 0.341 e. The summed E-state index contributed by atoms with van der Waals surface area (Å²) in [6.45, 7) is 2.70. The van der Waals surface area contributed by atoms with Gasteiger partial charge in [0.1, 0.15) is 11.3 Å². The minimum absolute atomic E-state index is 0.381. The highest BCUT2D eigenvalue weighted by Crippen LogP contribution is 2.23. The lowest BCUT2D eigenvalue weighted by Gasteiger charge is -2.11. The van der Waals surface area contributed by atoms with Crippen LogP contribution in [-0.4, -0.2) is 26.7 Å². The van der Waals surface area contributed by atoms with Crippen LogP contribution in [0.3, 0.4) is 0 Å². The first kappa shape index (κ1) is 13.4. The Morgan fingerprint density at radius 1 is 1.41 bits per heavy atom. The van der Waals surface area contributed by atoms with Crippen LogP contribution in [0.2, 0.25) is 0 Å². The van der Waals surface area contributed by atoms with Gasteiger partial charge in [-0.15, -0.1) is 0 Å². The van der Waals surface area contributed by atoms with Crippen LogP contribution in [0.5, 0.6) is 5.75 Å². The number of benzene rings is 1. The summed E-state index contributed by atoms with van der Waals surface area (Å²) in [4.78, 5) is 11.6. The van der Waals surface area contributed by atoms with Crippen molar-refractivity contribution in [3.8, 4) is 5.75 Å². The Labute approximate surface area is 102 Å². The van der Waals surface area contributed by atoms with Gasteiger partial charge in [-0.25, -0.2) is 4.79 Å². The second-order valence-electron chi connectivity index (χ2n) is 3.65. The molecule has 0 saturated carbocycles. The van der Waals surface area contributed by atoms with E-state index in [1.165, 1.54) is 7.11 Å². The number of carbonyl (C=O) groups excluding carboxylic acids is 1. The Morgan fingerprint density at radius 3 is 2.76 bits per heavy atom. The molecule has 1 N–H and O–H groups in total. The highest BCUT2D eigenvalue weighted by molar-refractivity contribution is 5.93. The zero-order valence-electron chi connectivity index (χ0n) is 10.6. The molecule has 0 unspecified atom stereocenters. The molecular formula is C13H19NO3. The lowest BCUT2D eigenvalue weighted by molar-refractivity contribution is 0.0596. The summed E-state index contributed by atoms with van der Waals surface area (Å²) in [7, 11) is 3.16. The average molecular weight is 237 g/mol. The fourth-order valence-electron chi connectivity index (χ4n) is 1.41. The molecular weight excluding hydrogens is 218 g/mol.